The number of nitrogens with one attached hydrogen (secondary N) is 2. The molecule has 2 atom stereocenters. The van der Waals surface area contributed by atoms with Gasteiger partial charge in [-0.05, 0) is 42.3 Å². The minimum Gasteiger partial charge on any atom is -0.486 e. The van der Waals surface area contributed by atoms with Gasteiger partial charge < -0.3 is 20.1 Å². The molecule has 0 saturated heterocycles. The lowest BCUT2D eigenvalue weighted by Gasteiger charge is -2.23. The maximum atomic E-state index is 13.2. The Morgan fingerprint density at radius 1 is 0.844 bits per heavy atom. The van der Waals surface area contributed by atoms with E-state index in [1.165, 1.54) is 0 Å². The summed E-state index contributed by atoms with van der Waals surface area (Å²) in [4.78, 5) is 25.9. The van der Waals surface area contributed by atoms with Gasteiger partial charge >= 0.3 is 0 Å². The van der Waals surface area contributed by atoms with Gasteiger partial charge in [-0.3, -0.25) is 9.59 Å². The molecule has 3 aromatic rings. The number of rotatable bonds is 7. The molecule has 2 N–H and O–H groups in total. The molecule has 0 saturated carbocycles. The van der Waals surface area contributed by atoms with Crippen LogP contribution in [0.25, 0.3) is 0 Å². The van der Waals surface area contributed by atoms with Gasteiger partial charge in [0, 0.05) is 12.0 Å². The molecule has 0 radical (unpaired) electrons. The van der Waals surface area contributed by atoms with Crippen molar-refractivity contribution in [2.24, 2.45) is 0 Å². The lowest BCUT2D eigenvalue weighted by atomic mass is 10.0. The minimum absolute atomic E-state index is 0.250. The summed E-state index contributed by atoms with van der Waals surface area (Å²) in [5, 5.41) is 5.92. The fraction of sp³-hybridized carbons (Fsp3) is 0.231. The summed E-state index contributed by atoms with van der Waals surface area (Å²) < 4.78 is 11.2. The molecule has 0 aliphatic carbocycles. The van der Waals surface area contributed by atoms with Crippen molar-refractivity contribution in [1.82, 2.24) is 10.6 Å². The lowest BCUT2D eigenvalue weighted by molar-refractivity contribution is -0.123. The quantitative estimate of drug-likeness (QED) is 0.600. The zero-order chi connectivity index (χ0) is 22.3. The van der Waals surface area contributed by atoms with Crippen molar-refractivity contribution < 1.29 is 19.1 Å². The molecule has 1 aliphatic heterocycles. The van der Waals surface area contributed by atoms with E-state index >= 15 is 0 Å². The van der Waals surface area contributed by atoms with Gasteiger partial charge in [0.15, 0.2) is 11.5 Å². The first-order valence-electron chi connectivity index (χ1n) is 10.7. The van der Waals surface area contributed by atoms with Gasteiger partial charge in [-0.15, -0.1) is 0 Å². The molecule has 0 spiro atoms. The predicted molar refractivity (Wildman–Crippen MR) is 122 cm³/mol. The van der Waals surface area contributed by atoms with E-state index in [0.717, 1.165) is 11.1 Å². The smallest absolute Gasteiger partial charge is 0.251 e. The Hall–Kier alpha value is -3.80. The van der Waals surface area contributed by atoms with Crippen LogP contribution in [0.3, 0.4) is 0 Å². The third-order valence-electron chi connectivity index (χ3n) is 5.37. The minimum atomic E-state index is -0.718. The average Bonchev–Trinajstić information content (AvgIpc) is 2.84. The summed E-state index contributed by atoms with van der Waals surface area (Å²) in [6.45, 7) is 2.94. The summed E-state index contributed by atoms with van der Waals surface area (Å²) in [6, 6.07) is 23.2. The third kappa shape index (κ3) is 5.27. The summed E-state index contributed by atoms with van der Waals surface area (Å²) >= 11 is 0. The van der Waals surface area contributed by atoms with E-state index in [1.807, 2.05) is 61.5 Å². The van der Waals surface area contributed by atoms with Crippen molar-refractivity contribution in [3.05, 3.63) is 95.6 Å². The number of ether oxygens (including phenoxy) is 2. The normalized spacial score (nSPS) is 14.2. The van der Waals surface area contributed by atoms with Gasteiger partial charge in [0.25, 0.3) is 5.91 Å². The van der Waals surface area contributed by atoms with Crippen LogP contribution >= 0.6 is 0 Å². The molecular formula is C26H26N2O4. The third-order valence-corrected chi connectivity index (χ3v) is 5.37. The first-order chi connectivity index (χ1) is 15.6. The Morgan fingerprint density at radius 3 is 2.22 bits per heavy atom. The molecular weight excluding hydrogens is 404 g/mol. The zero-order valence-corrected chi connectivity index (χ0v) is 17.9. The monoisotopic (exact) mass is 430 g/mol. The number of fused-ring (bicyclic) bond motifs is 1. The van der Waals surface area contributed by atoms with E-state index < -0.39 is 6.04 Å². The highest BCUT2D eigenvalue weighted by Crippen LogP contribution is 2.32. The van der Waals surface area contributed by atoms with Crippen LogP contribution in [0.2, 0.25) is 0 Å². The van der Waals surface area contributed by atoms with Crippen molar-refractivity contribution >= 4 is 11.8 Å². The molecule has 164 valence electrons. The van der Waals surface area contributed by atoms with Crippen molar-refractivity contribution in [3.8, 4) is 11.5 Å². The molecule has 6 heteroatoms. The molecule has 1 aliphatic rings. The second-order valence-electron chi connectivity index (χ2n) is 7.72. The van der Waals surface area contributed by atoms with Crippen LogP contribution in [-0.4, -0.2) is 31.1 Å². The molecule has 0 bridgehead atoms. The molecule has 1 heterocycles. The summed E-state index contributed by atoms with van der Waals surface area (Å²) in [5.74, 6) is 0.845. The second-order valence-corrected chi connectivity index (χ2v) is 7.72. The Kier molecular flexibility index (Phi) is 6.70. The fourth-order valence-electron chi connectivity index (χ4n) is 3.62. The highest BCUT2D eigenvalue weighted by molar-refractivity contribution is 5.97. The van der Waals surface area contributed by atoms with Gasteiger partial charge in [-0.1, -0.05) is 54.6 Å². The number of amides is 2. The van der Waals surface area contributed by atoms with E-state index in [2.05, 4.69) is 10.6 Å². The Morgan fingerprint density at radius 2 is 1.50 bits per heavy atom. The topological polar surface area (TPSA) is 76.7 Å². The Labute approximate surface area is 187 Å². The molecule has 2 amide bonds. The maximum Gasteiger partial charge on any atom is 0.251 e. The van der Waals surface area contributed by atoms with Crippen molar-refractivity contribution in [1.29, 1.82) is 0 Å². The highest BCUT2D eigenvalue weighted by atomic mass is 16.6. The number of carbonyl (C=O) groups is 2. The van der Waals surface area contributed by atoms with Gasteiger partial charge in [-0.25, -0.2) is 0 Å². The Balaban J connectivity index is 1.49. The highest BCUT2D eigenvalue weighted by Gasteiger charge is 2.24. The fourth-order valence-corrected chi connectivity index (χ4v) is 3.62. The van der Waals surface area contributed by atoms with Crippen molar-refractivity contribution in [2.75, 3.05) is 13.2 Å². The molecule has 0 aromatic heterocycles. The van der Waals surface area contributed by atoms with E-state index in [4.69, 9.17) is 9.47 Å². The Bertz CT molecular complexity index is 1070. The molecule has 3 aromatic carbocycles. The first-order valence-corrected chi connectivity index (χ1v) is 10.7. The summed E-state index contributed by atoms with van der Waals surface area (Å²) in [5.41, 5.74) is 2.38. The SMILES string of the molecule is C[C@H](NC(=O)[C@@H](Cc1ccccc1)NC(=O)c1ccccc1)c1ccc2c(c1)OCCO2. The van der Waals surface area contributed by atoms with Crippen LogP contribution in [0.4, 0.5) is 0 Å². The van der Waals surface area contributed by atoms with E-state index in [0.29, 0.717) is 36.7 Å². The maximum absolute atomic E-state index is 13.2. The van der Waals surface area contributed by atoms with Gasteiger partial charge in [0.2, 0.25) is 5.91 Å². The van der Waals surface area contributed by atoms with Crippen LogP contribution in [0.1, 0.15) is 34.5 Å². The van der Waals surface area contributed by atoms with E-state index in [1.54, 1.807) is 24.3 Å². The molecule has 6 nitrogen and oxygen atoms in total. The lowest BCUT2D eigenvalue weighted by Crippen LogP contribution is -2.48. The predicted octanol–water partition coefficient (Wildman–Crippen LogP) is 3.68. The summed E-state index contributed by atoms with van der Waals surface area (Å²) in [6.07, 6.45) is 0.388. The van der Waals surface area contributed by atoms with E-state index in [9.17, 15) is 9.59 Å². The second kappa shape index (κ2) is 10.0. The number of hydrogen-bond acceptors (Lipinski definition) is 4. The van der Waals surface area contributed by atoms with Crippen molar-refractivity contribution in [3.63, 3.8) is 0 Å². The van der Waals surface area contributed by atoms with Crippen LogP contribution in [-0.2, 0) is 11.2 Å². The van der Waals surface area contributed by atoms with Gasteiger partial charge in [0.05, 0.1) is 6.04 Å². The van der Waals surface area contributed by atoms with Crippen LogP contribution in [0.15, 0.2) is 78.9 Å². The summed E-state index contributed by atoms with van der Waals surface area (Å²) in [7, 11) is 0. The number of hydrogen-bond donors (Lipinski definition) is 2. The largest absolute Gasteiger partial charge is 0.486 e. The molecule has 0 unspecified atom stereocenters. The first kappa shape index (κ1) is 21.4. The standard InChI is InChI=1S/C26H26N2O4/c1-18(21-12-13-23-24(17-21)32-15-14-31-23)27-26(30)22(16-19-8-4-2-5-9-19)28-25(29)20-10-6-3-7-11-20/h2-13,17-18,22H,14-16H2,1H3,(H,27,30)(H,28,29)/t18-,22+/m0/s1. The van der Waals surface area contributed by atoms with Gasteiger partial charge in [0.1, 0.15) is 19.3 Å². The molecule has 32 heavy (non-hydrogen) atoms. The number of carbonyl (C=O) groups excluding carboxylic acids is 2. The number of benzene rings is 3. The van der Waals surface area contributed by atoms with Crippen LogP contribution < -0.4 is 20.1 Å². The molecule has 0 fully saturated rings. The van der Waals surface area contributed by atoms with Gasteiger partial charge in [-0.2, -0.15) is 0 Å². The molecule has 4 rings (SSSR count). The van der Waals surface area contributed by atoms with E-state index in [-0.39, 0.29) is 17.9 Å². The van der Waals surface area contributed by atoms with Crippen LogP contribution in [0, 0.1) is 0 Å². The zero-order valence-electron chi connectivity index (χ0n) is 17.9. The average molecular weight is 431 g/mol. The van der Waals surface area contributed by atoms with Crippen LogP contribution in [0.5, 0.6) is 11.5 Å². The van der Waals surface area contributed by atoms with Crippen molar-refractivity contribution in [2.45, 2.75) is 25.4 Å².